The number of piperidine rings is 1. The molecule has 0 bridgehead atoms. The Hall–Kier alpha value is -2.74. The molecule has 0 N–H and O–H groups in total. The predicted octanol–water partition coefficient (Wildman–Crippen LogP) is 5.17. The fourth-order valence-corrected chi connectivity index (χ4v) is 4.90. The molecular weight excluding hydrogens is 455 g/mol. The molecule has 2 aliphatic rings. The zero-order valence-corrected chi connectivity index (χ0v) is 20.3. The molecule has 0 aliphatic carbocycles. The summed E-state index contributed by atoms with van der Waals surface area (Å²) in [6.07, 6.45) is -0.828. The van der Waals surface area contributed by atoms with Gasteiger partial charge in [-0.25, -0.2) is 0 Å². The molecule has 35 heavy (non-hydrogen) atoms. The molecule has 2 aromatic carbocycles. The maximum absolute atomic E-state index is 13.0. The predicted molar refractivity (Wildman–Crippen MR) is 131 cm³/mol. The molecule has 5 nitrogen and oxygen atoms in total. The lowest BCUT2D eigenvalue weighted by atomic mass is 10.0. The first-order valence-corrected chi connectivity index (χ1v) is 12.5. The minimum Gasteiger partial charge on any atom is -0.494 e. The Balaban J connectivity index is 1.22. The third-order valence-corrected chi connectivity index (χ3v) is 6.83. The van der Waals surface area contributed by atoms with Crippen molar-refractivity contribution in [3.8, 4) is 5.75 Å². The van der Waals surface area contributed by atoms with Crippen molar-refractivity contribution in [1.29, 1.82) is 0 Å². The van der Waals surface area contributed by atoms with E-state index in [-0.39, 0.29) is 11.5 Å². The Labute approximate surface area is 205 Å². The van der Waals surface area contributed by atoms with E-state index in [1.54, 1.807) is 4.90 Å². The largest absolute Gasteiger partial charge is 0.494 e. The summed E-state index contributed by atoms with van der Waals surface area (Å²) in [4.78, 5) is 19.1. The van der Waals surface area contributed by atoms with Crippen molar-refractivity contribution >= 4 is 11.6 Å². The standard InChI is InChI=1S/C27H34F3N3O2/c1-21-5-3-12-31(20-21)13-4-18-35-25-10-8-24(9-11-25)32-14-16-33(17-15-32)26(34)22-6-2-7-23(19-22)27(28,29)30/h2,6-11,19,21H,3-5,12-18,20H2,1H3. The van der Waals surface area contributed by atoms with Crippen molar-refractivity contribution in [1.82, 2.24) is 9.80 Å². The average molecular weight is 490 g/mol. The number of hydrogen-bond donors (Lipinski definition) is 0. The summed E-state index contributed by atoms with van der Waals surface area (Å²) >= 11 is 0. The van der Waals surface area contributed by atoms with Gasteiger partial charge in [0.25, 0.3) is 5.91 Å². The van der Waals surface area contributed by atoms with E-state index < -0.39 is 11.7 Å². The third-order valence-electron chi connectivity index (χ3n) is 6.83. The van der Waals surface area contributed by atoms with Crippen molar-refractivity contribution in [2.45, 2.75) is 32.4 Å². The van der Waals surface area contributed by atoms with E-state index in [2.05, 4.69) is 16.7 Å². The van der Waals surface area contributed by atoms with Gasteiger partial charge in [0.2, 0.25) is 0 Å². The Kier molecular flexibility index (Phi) is 8.21. The fourth-order valence-electron chi connectivity index (χ4n) is 4.90. The summed E-state index contributed by atoms with van der Waals surface area (Å²) in [5.74, 6) is 1.27. The molecule has 0 spiro atoms. The number of anilines is 1. The second-order valence-electron chi connectivity index (χ2n) is 9.60. The van der Waals surface area contributed by atoms with Gasteiger partial charge in [-0.15, -0.1) is 0 Å². The van der Waals surface area contributed by atoms with Crippen molar-refractivity contribution in [2.24, 2.45) is 5.92 Å². The average Bonchev–Trinajstić information content (AvgIpc) is 2.86. The van der Waals surface area contributed by atoms with E-state index in [1.165, 1.54) is 38.1 Å². The molecule has 1 atom stereocenters. The van der Waals surface area contributed by atoms with Gasteiger partial charge in [-0.1, -0.05) is 13.0 Å². The zero-order valence-electron chi connectivity index (χ0n) is 20.3. The molecule has 1 unspecified atom stereocenters. The molecule has 4 rings (SSSR count). The van der Waals surface area contributed by atoms with E-state index in [0.29, 0.717) is 32.8 Å². The van der Waals surface area contributed by atoms with Crippen LogP contribution < -0.4 is 9.64 Å². The molecule has 0 saturated carbocycles. The van der Waals surface area contributed by atoms with Crippen LogP contribution >= 0.6 is 0 Å². The first-order valence-electron chi connectivity index (χ1n) is 12.5. The lowest BCUT2D eigenvalue weighted by Gasteiger charge is -2.36. The van der Waals surface area contributed by atoms with Crippen LogP contribution in [0.3, 0.4) is 0 Å². The van der Waals surface area contributed by atoms with Crippen molar-refractivity contribution in [3.63, 3.8) is 0 Å². The number of nitrogens with zero attached hydrogens (tertiary/aromatic N) is 3. The number of piperazine rings is 1. The topological polar surface area (TPSA) is 36.0 Å². The minimum absolute atomic E-state index is 0.0737. The maximum Gasteiger partial charge on any atom is 0.416 e. The van der Waals surface area contributed by atoms with Crippen LogP contribution in [0.25, 0.3) is 0 Å². The molecule has 0 aromatic heterocycles. The molecule has 2 heterocycles. The summed E-state index contributed by atoms with van der Waals surface area (Å²) in [6, 6.07) is 12.6. The second-order valence-corrected chi connectivity index (χ2v) is 9.60. The molecule has 2 saturated heterocycles. The van der Waals surface area contributed by atoms with Gasteiger partial charge in [0.15, 0.2) is 0 Å². The zero-order chi connectivity index (χ0) is 24.8. The first kappa shape index (κ1) is 25.4. The van der Waals surface area contributed by atoms with Gasteiger partial charge in [-0.2, -0.15) is 13.2 Å². The van der Waals surface area contributed by atoms with Crippen LogP contribution in [-0.2, 0) is 6.18 Å². The van der Waals surface area contributed by atoms with Crippen LogP contribution in [0, 0.1) is 5.92 Å². The SMILES string of the molecule is CC1CCCN(CCCOc2ccc(N3CCN(C(=O)c4cccc(C(F)(F)F)c4)CC3)cc2)C1. The lowest BCUT2D eigenvalue weighted by Crippen LogP contribution is -2.48. The van der Waals surface area contributed by atoms with Crippen molar-refractivity contribution in [3.05, 3.63) is 59.7 Å². The summed E-state index contributed by atoms with van der Waals surface area (Å²) in [6.45, 7) is 8.64. The smallest absolute Gasteiger partial charge is 0.416 e. The van der Waals surface area contributed by atoms with Crippen LogP contribution in [0.5, 0.6) is 5.75 Å². The van der Waals surface area contributed by atoms with E-state index >= 15 is 0 Å². The molecule has 2 aliphatic heterocycles. The highest BCUT2D eigenvalue weighted by atomic mass is 19.4. The Morgan fingerprint density at radius 3 is 2.46 bits per heavy atom. The number of alkyl halides is 3. The Bertz CT molecular complexity index is 972. The summed E-state index contributed by atoms with van der Waals surface area (Å²) in [7, 11) is 0. The highest BCUT2D eigenvalue weighted by molar-refractivity contribution is 5.94. The number of hydrogen-bond acceptors (Lipinski definition) is 4. The minimum atomic E-state index is -4.46. The molecule has 0 radical (unpaired) electrons. The van der Waals surface area contributed by atoms with Gasteiger partial charge in [0, 0.05) is 50.5 Å². The summed E-state index contributed by atoms with van der Waals surface area (Å²) < 4.78 is 44.8. The maximum atomic E-state index is 13.0. The van der Waals surface area contributed by atoms with Gasteiger partial charge in [0.1, 0.15) is 5.75 Å². The van der Waals surface area contributed by atoms with E-state index in [0.717, 1.165) is 42.5 Å². The number of ether oxygens (including phenoxy) is 1. The van der Waals surface area contributed by atoms with Crippen LogP contribution in [-0.4, -0.2) is 68.1 Å². The van der Waals surface area contributed by atoms with Gasteiger partial charge in [0.05, 0.1) is 12.2 Å². The van der Waals surface area contributed by atoms with Crippen LogP contribution in [0.4, 0.5) is 18.9 Å². The summed E-state index contributed by atoms with van der Waals surface area (Å²) in [5.41, 5.74) is 0.320. The number of halogens is 3. The number of likely N-dealkylation sites (tertiary alicyclic amines) is 1. The number of carbonyl (C=O) groups excluding carboxylic acids is 1. The van der Waals surface area contributed by atoms with Crippen molar-refractivity contribution < 1.29 is 22.7 Å². The lowest BCUT2D eigenvalue weighted by molar-refractivity contribution is -0.137. The number of amides is 1. The van der Waals surface area contributed by atoms with Gasteiger partial charge in [-0.05, 0) is 74.2 Å². The Morgan fingerprint density at radius 1 is 1.03 bits per heavy atom. The molecule has 190 valence electrons. The van der Waals surface area contributed by atoms with Crippen LogP contribution in [0.15, 0.2) is 48.5 Å². The highest BCUT2D eigenvalue weighted by Gasteiger charge is 2.31. The van der Waals surface area contributed by atoms with Crippen LogP contribution in [0.2, 0.25) is 0 Å². The summed E-state index contributed by atoms with van der Waals surface area (Å²) in [5, 5.41) is 0. The molecule has 2 fully saturated rings. The van der Waals surface area contributed by atoms with E-state index in [9.17, 15) is 18.0 Å². The van der Waals surface area contributed by atoms with Gasteiger partial charge >= 0.3 is 6.18 Å². The quantitative estimate of drug-likeness (QED) is 0.503. The van der Waals surface area contributed by atoms with Gasteiger partial charge in [-0.3, -0.25) is 4.79 Å². The monoisotopic (exact) mass is 489 g/mol. The highest BCUT2D eigenvalue weighted by Crippen LogP contribution is 2.30. The third kappa shape index (κ3) is 6.90. The second kappa shape index (κ2) is 11.3. The van der Waals surface area contributed by atoms with Crippen LogP contribution in [0.1, 0.15) is 42.1 Å². The van der Waals surface area contributed by atoms with Gasteiger partial charge < -0.3 is 19.4 Å². The molecule has 1 amide bonds. The molecular formula is C27H34F3N3O2. The number of benzene rings is 2. The van der Waals surface area contributed by atoms with E-state index in [1.807, 2.05) is 24.3 Å². The number of rotatable bonds is 7. The molecule has 8 heteroatoms. The Morgan fingerprint density at radius 2 is 1.77 bits per heavy atom. The number of carbonyl (C=O) groups is 1. The fraction of sp³-hybridized carbons (Fsp3) is 0.519. The normalized spacial score (nSPS) is 19.6. The van der Waals surface area contributed by atoms with E-state index in [4.69, 9.17) is 4.74 Å². The first-order chi connectivity index (χ1) is 16.8. The van der Waals surface area contributed by atoms with Crippen molar-refractivity contribution in [2.75, 3.05) is 57.3 Å². The molecule has 2 aromatic rings.